The lowest BCUT2D eigenvalue weighted by Crippen LogP contribution is -2.51. The van der Waals surface area contributed by atoms with E-state index in [4.69, 9.17) is 14.5 Å². The van der Waals surface area contributed by atoms with Gasteiger partial charge in [0.05, 0.1) is 49.2 Å². The molecule has 5 aromatic rings. The maximum atomic E-state index is 14.2. The smallest absolute Gasteiger partial charge is 0.407 e. The van der Waals surface area contributed by atoms with Gasteiger partial charge in [-0.3, -0.25) is 9.59 Å². The summed E-state index contributed by atoms with van der Waals surface area (Å²) >= 11 is 0. The lowest BCUT2D eigenvalue weighted by Gasteiger charge is -2.30. The van der Waals surface area contributed by atoms with Gasteiger partial charge in [-0.1, -0.05) is 68.2 Å². The number of fused-ring (bicyclic) bond motifs is 1. The molecule has 3 aliphatic rings. The molecular weight excluding hydrogens is 749 g/mol. The van der Waals surface area contributed by atoms with Crippen LogP contribution in [-0.4, -0.2) is 87.1 Å². The SMILES string of the molecule is COC(=O)N[C@H](C(=O)N1CCC[C@H]1c1ncc(-c2ccc(C#Cc3ccc4nc([C@@H]5CC6(CC6)CN5C(=O)[C@H](NC(=O)OC)c5ccccc5)[nH]c4c3)cc2)[nH]1)C(C)C. The van der Waals surface area contributed by atoms with Crippen LogP contribution in [0.3, 0.4) is 0 Å². The van der Waals surface area contributed by atoms with Crippen LogP contribution in [0.4, 0.5) is 9.59 Å². The fraction of sp³-hybridized carbons (Fsp3) is 0.378. The summed E-state index contributed by atoms with van der Waals surface area (Å²) < 4.78 is 9.63. The average Bonchev–Trinajstić information content (AvgIpc) is 3.74. The summed E-state index contributed by atoms with van der Waals surface area (Å²) in [6.07, 6.45) is 5.00. The van der Waals surface area contributed by atoms with Crippen LogP contribution in [-0.2, 0) is 19.1 Å². The third-order valence-electron chi connectivity index (χ3n) is 11.8. The lowest BCUT2D eigenvalue weighted by atomic mass is 10.0. The number of amides is 4. The molecule has 8 rings (SSSR count). The number of aromatic amines is 2. The zero-order valence-electron chi connectivity index (χ0n) is 33.6. The van der Waals surface area contributed by atoms with Crippen molar-refractivity contribution in [3.8, 4) is 23.1 Å². The summed E-state index contributed by atoms with van der Waals surface area (Å²) in [6, 6.07) is 20.9. The Kier molecular flexibility index (Phi) is 10.9. The number of ether oxygens (including phenoxy) is 2. The highest BCUT2D eigenvalue weighted by Gasteiger charge is 2.55. The van der Waals surface area contributed by atoms with E-state index in [0.29, 0.717) is 30.3 Å². The topological polar surface area (TPSA) is 175 Å². The van der Waals surface area contributed by atoms with Crippen LogP contribution in [0.25, 0.3) is 22.3 Å². The zero-order valence-corrected chi connectivity index (χ0v) is 33.6. The Morgan fingerprint density at radius 2 is 1.54 bits per heavy atom. The van der Waals surface area contributed by atoms with Gasteiger partial charge in [-0.15, -0.1) is 0 Å². The van der Waals surface area contributed by atoms with Crippen molar-refractivity contribution in [2.45, 2.75) is 70.1 Å². The molecule has 0 radical (unpaired) electrons. The first-order valence-corrected chi connectivity index (χ1v) is 20.1. The van der Waals surface area contributed by atoms with Crippen LogP contribution >= 0.6 is 0 Å². The van der Waals surface area contributed by atoms with Crippen molar-refractivity contribution in [1.82, 2.24) is 40.4 Å². The normalized spacial score (nSPS) is 18.9. The fourth-order valence-electron chi connectivity index (χ4n) is 8.33. The van der Waals surface area contributed by atoms with Crippen molar-refractivity contribution in [2.24, 2.45) is 11.3 Å². The number of benzene rings is 3. The highest BCUT2D eigenvalue weighted by molar-refractivity contribution is 5.88. The molecule has 4 heterocycles. The quantitative estimate of drug-likeness (QED) is 0.122. The second-order valence-electron chi connectivity index (χ2n) is 16.1. The minimum Gasteiger partial charge on any atom is -0.453 e. The molecular formula is C45H48N8O6. The van der Waals surface area contributed by atoms with E-state index in [2.05, 4.69) is 37.4 Å². The van der Waals surface area contributed by atoms with Gasteiger partial charge in [0.2, 0.25) is 5.91 Å². The van der Waals surface area contributed by atoms with Crippen LogP contribution in [0.15, 0.2) is 79.0 Å². The standard InChI is InChI=1S/C45H48N8O6/c1-27(2)37(50-43(56)58-3)41(54)52-22-8-11-35(52)39-46-25-34(49-39)30-17-14-28(15-18-30)12-13-29-16-19-32-33(23-29)48-40(47-32)36-24-45(20-21-45)26-53(36)42(55)38(51-44(57)59-4)31-9-6-5-7-10-31/h5-7,9-10,14-19,23,25,27,35-38H,8,11,20-22,24,26H2,1-4H3,(H,46,49)(H,47,48)(H,50,56)(H,51,57)/t35-,36-,37-,38+/m0/s1. The van der Waals surface area contributed by atoms with Crippen molar-refractivity contribution in [2.75, 3.05) is 27.3 Å². The van der Waals surface area contributed by atoms with Gasteiger partial charge < -0.3 is 39.9 Å². The molecule has 304 valence electrons. The predicted molar refractivity (Wildman–Crippen MR) is 219 cm³/mol. The number of carbonyl (C=O) groups is 4. The van der Waals surface area contributed by atoms with Gasteiger partial charge >= 0.3 is 12.2 Å². The Morgan fingerprint density at radius 3 is 2.25 bits per heavy atom. The summed E-state index contributed by atoms with van der Waals surface area (Å²) in [6.45, 7) is 4.98. The first kappa shape index (κ1) is 39.2. The number of nitrogens with one attached hydrogen (secondary N) is 4. The van der Waals surface area contributed by atoms with Gasteiger partial charge in [0, 0.05) is 24.2 Å². The molecule has 4 atom stereocenters. The largest absolute Gasteiger partial charge is 0.453 e. The molecule has 2 aliphatic heterocycles. The highest BCUT2D eigenvalue weighted by Crippen LogP contribution is 2.58. The maximum absolute atomic E-state index is 14.2. The number of likely N-dealkylation sites (tertiary alicyclic amines) is 2. The minimum absolute atomic E-state index is 0.0677. The summed E-state index contributed by atoms with van der Waals surface area (Å²) in [7, 11) is 2.57. The molecule has 59 heavy (non-hydrogen) atoms. The number of nitrogens with zero attached hydrogens (tertiary/aromatic N) is 4. The molecule has 0 unspecified atom stereocenters. The third-order valence-corrected chi connectivity index (χ3v) is 11.8. The molecule has 14 heteroatoms. The second-order valence-corrected chi connectivity index (χ2v) is 16.1. The van der Waals surface area contributed by atoms with Gasteiger partial charge in [0.15, 0.2) is 0 Å². The van der Waals surface area contributed by atoms with Crippen LogP contribution < -0.4 is 10.6 Å². The Morgan fingerprint density at radius 1 is 0.831 bits per heavy atom. The summed E-state index contributed by atoms with van der Waals surface area (Å²) in [5.41, 5.74) is 5.79. The highest BCUT2D eigenvalue weighted by atomic mass is 16.5. The Hall–Kier alpha value is -6.62. The molecule has 0 bridgehead atoms. The first-order chi connectivity index (χ1) is 28.5. The predicted octanol–water partition coefficient (Wildman–Crippen LogP) is 6.55. The first-order valence-electron chi connectivity index (χ1n) is 20.1. The van der Waals surface area contributed by atoms with Crippen molar-refractivity contribution in [3.63, 3.8) is 0 Å². The van der Waals surface area contributed by atoms with E-state index < -0.39 is 24.3 Å². The number of H-pyrrole nitrogens is 2. The zero-order chi connectivity index (χ0) is 41.3. The molecule has 4 N–H and O–H groups in total. The monoisotopic (exact) mass is 796 g/mol. The summed E-state index contributed by atoms with van der Waals surface area (Å²) in [5, 5.41) is 5.44. The van der Waals surface area contributed by atoms with Gasteiger partial charge in [0.1, 0.15) is 23.7 Å². The summed E-state index contributed by atoms with van der Waals surface area (Å²) in [4.78, 5) is 72.2. The number of carbonyl (C=O) groups excluding carboxylic acids is 4. The summed E-state index contributed by atoms with van der Waals surface area (Å²) in [5.74, 6) is 7.52. The molecule has 2 aromatic heterocycles. The molecule has 14 nitrogen and oxygen atoms in total. The van der Waals surface area contributed by atoms with Gasteiger partial charge in [-0.05, 0) is 84.9 Å². The van der Waals surface area contributed by atoms with E-state index in [9.17, 15) is 19.2 Å². The second kappa shape index (κ2) is 16.3. The molecule has 2 saturated heterocycles. The van der Waals surface area contributed by atoms with Gasteiger partial charge in [-0.25, -0.2) is 19.6 Å². The van der Waals surface area contributed by atoms with Crippen molar-refractivity contribution in [3.05, 3.63) is 107 Å². The van der Waals surface area contributed by atoms with Gasteiger partial charge in [0.25, 0.3) is 5.91 Å². The van der Waals surface area contributed by atoms with Crippen LogP contribution in [0, 0.1) is 23.2 Å². The number of imidazole rings is 2. The minimum atomic E-state index is -0.890. The molecule has 4 amide bonds. The van der Waals surface area contributed by atoms with E-state index in [-0.39, 0.29) is 35.2 Å². The molecule has 1 spiro atoms. The maximum Gasteiger partial charge on any atom is 0.407 e. The van der Waals surface area contributed by atoms with E-state index >= 15 is 0 Å². The molecule has 3 fully saturated rings. The fourth-order valence-corrected chi connectivity index (χ4v) is 8.33. The molecule has 3 aromatic carbocycles. The Labute approximate surface area is 342 Å². The number of hydrogen-bond acceptors (Lipinski definition) is 8. The van der Waals surface area contributed by atoms with E-state index in [1.54, 1.807) is 11.1 Å². The van der Waals surface area contributed by atoms with Crippen molar-refractivity contribution < 1.29 is 28.7 Å². The molecule has 1 saturated carbocycles. The number of hydrogen-bond donors (Lipinski definition) is 4. The van der Waals surface area contributed by atoms with E-state index in [1.165, 1.54) is 14.2 Å². The number of aromatic nitrogens is 4. The molecule has 1 aliphatic carbocycles. The number of rotatable bonds is 9. The van der Waals surface area contributed by atoms with Crippen LogP contribution in [0.5, 0.6) is 0 Å². The van der Waals surface area contributed by atoms with Crippen LogP contribution in [0.2, 0.25) is 0 Å². The Balaban J connectivity index is 0.957. The van der Waals surface area contributed by atoms with Crippen molar-refractivity contribution >= 4 is 35.0 Å². The van der Waals surface area contributed by atoms with Gasteiger partial charge in [-0.2, -0.15) is 0 Å². The van der Waals surface area contributed by atoms with Crippen molar-refractivity contribution in [1.29, 1.82) is 0 Å². The van der Waals surface area contributed by atoms with E-state index in [0.717, 1.165) is 65.5 Å². The third kappa shape index (κ3) is 8.23. The number of alkyl carbamates (subject to hydrolysis) is 2. The average molecular weight is 797 g/mol. The van der Waals surface area contributed by atoms with E-state index in [1.807, 2.05) is 91.5 Å². The Bertz CT molecular complexity index is 2430. The van der Waals surface area contributed by atoms with Crippen LogP contribution in [0.1, 0.15) is 92.4 Å². The lowest BCUT2D eigenvalue weighted by molar-refractivity contribution is -0.136. The number of methoxy groups -OCH3 is 2.